The van der Waals surface area contributed by atoms with Gasteiger partial charge in [-0.2, -0.15) is 0 Å². The maximum Gasteiger partial charge on any atom is 0.275 e. The molecule has 1 aliphatic rings. The zero-order valence-electron chi connectivity index (χ0n) is 15.0. The molecule has 0 saturated carbocycles. The minimum atomic E-state index is -0.0973. The number of nitrogens with zero attached hydrogens (tertiary/aromatic N) is 4. The Morgan fingerprint density at radius 1 is 1.31 bits per heavy atom. The van der Waals surface area contributed by atoms with Gasteiger partial charge in [-0.25, -0.2) is 4.68 Å². The summed E-state index contributed by atoms with van der Waals surface area (Å²) in [4.78, 5) is 14.1. The predicted molar refractivity (Wildman–Crippen MR) is 102 cm³/mol. The lowest BCUT2D eigenvalue weighted by Crippen LogP contribution is -2.30. The average molecular weight is 380 g/mol. The van der Waals surface area contributed by atoms with Crippen molar-refractivity contribution in [2.45, 2.75) is 25.3 Å². The predicted octanol–water partition coefficient (Wildman–Crippen LogP) is 2.17. The number of para-hydroxylation sites is 1. The fraction of sp³-hybridized carbons (Fsp3) is 0.500. The second kappa shape index (κ2) is 10.1. The summed E-state index contributed by atoms with van der Waals surface area (Å²) < 4.78 is 7.48. The molecule has 1 aliphatic heterocycles. The van der Waals surface area contributed by atoms with Crippen molar-refractivity contribution in [1.29, 1.82) is 0 Å². The number of ether oxygens (including phenoxy) is 1. The molecule has 1 aromatic carbocycles. The van der Waals surface area contributed by atoms with E-state index >= 15 is 0 Å². The van der Waals surface area contributed by atoms with E-state index < -0.39 is 0 Å². The number of hydrogen-bond donors (Lipinski definition) is 1. The number of amides is 1. The third-order valence-corrected chi connectivity index (χ3v) is 4.41. The minimum absolute atomic E-state index is 0. The van der Waals surface area contributed by atoms with E-state index in [0.29, 0.717) is 24.9 Å². The van der Waals surface area contributed by atoms with Gasteiger partial charge in [0.25, 0.3) is 5.91 Å². The van der Waals surface area contributed by atoms with Gasteiger partial charge in [-0.3, -0.25) is 4.79 Å². The van der Waals surface area contributed by atoms with Crippen molar-refractivity contribution >= 4 is 18.3 Å². The molecule has 1 aromatic heterocycles. The summed E-state index contributed by atoms with van der Waals surface area (Å²) in [5, 5.41) is 11.5. The highest BCUT2D eigenvalue weighted by molar-refractivity contribution is 5.91. The maximum absolute atomic E-state index is 12.5. The Bertz CT molecular complexity index is 673. The van der Waals surface area contributed by atoms with Crippen LogP contribution in [0.15, 0.2) is 36.5 Å². The fourth-order valence-corrected chi connectivity index (χ4v) is 2.93. The highest BCUT2D eigenvalue weighted by Crippen LogP contribution is 2.17. The minimum Gasteiger partial charge on any atom is -0.494 e. The monoisotopic (exact) mass is 379 g/mol. The molecule has 1 amide bonds. The number of nitrogens with one attached hydrogen (secondary N) is 1. The van der Waals surface area contributed by atoms with E-state index in [2.05, 4.69) is 15.6 Å². The zero-order valence-corrected chi connectivity index (χ0v) is 15.8. The summed E-state index contributed by atoms with van der Waals surface area (Å²) >= 11 is 0. The SMILES string of the molecule is CN(CCCOc1ccccc1)C(=O)c1cn(C2CCNCC2)nn1.Cl. The molecule has 26 heavy (non-hydrogen) atoms. The van der Waals surface area contributed by atoms with Crippen LogP contribution in [0, 0.1) is 0 Å². The van der Waals surface area contributed by atoms with Gasteiger partial charge in [0.1, 0.15) is 5.75 Å². The standard InChI is InChI=1S/C18H25N5O2.ClH/c1-22(12-5-13-25-16-6-3-2-4-7-16)18(24)17-14-23(21-20-17)15-8-10-19-11-9-15;/h2-4,6-7,14-15,19H,5,8-13H2,1H3;1H. The van der Waals surface area contributed by atoms with Crippen LogP contribution in [0.1, 0.15) is 35.8 Å². The highest BCUT2D eigenvalue weighted by Gasteiger charge is 2.20. The van der Waals surface area contributed by atoms with Crippen LogP contribution in [0.4, 0.5) is 0 Å². The molecule has 0 unspecified atom stereocenters. The van der Waals surface area contributed by atoms with Gasteiger partial charge in [-0.15, -0.1) is 17.5 Å². The molecule has 3 rings (SSSR count). The van der Waals surface area contributed by atoms with Crippen molar-refractivity contribution in [3.8, 4) is 5.75 Å². The molecule has 2 heterocycles. The average Bonchev–Trinajstić information content (AvgIpc) is 3.16. The van der Waals surface area contributed by atoms with E-state index in [1.165, 1.54) is 0 Å². The van der Waals surface area contributed by atoms with Crippen molar-refractivity contribution in [1.82, 2.24) is 25.2 Å². The molecular formula is C18H26ClN5O2. The van der Waals surface area contributed by atoms with Gasteiger partial charge in [0.2, 0.25) is 0 Å². The van der Waals surface area contributed by atoms with Crippen LogP contribution >= 0.6 is 12.4 Å². The molecule has 0 radical (unpaired) electrons. The topological polar surface area (TPSA) is 72.3 Å². The normalized spacial score (nSPS) is 14.5. The Balaban J connectivity index is 0.00000243. The zero-order chi connectivity index (χ0) is 17.5. The van der Waals surface area contributed by atoms with E-state index in [0.717, 1.165) is 38.1 Å². The summed E-state index contributed by atoms with van der Waals surface area (Å²) in [6, 6.07) is 10.0. The number of benzene rings is 1. The summed E-state index contributed by atoms with van der Waals surface area (Å²) in [5.41, 5.74) is 0.407. The lowest BCUT2D eigenvalue weighted by molar-refractivity contribution is 0.0782. The van der Waals surface area contributed by atoms with Crippen molar-refractivity contribution in [2.75, 3.05) is 33.3 Å². The maximum atomic E-state index is 12.5. The molecule has 1 saturated heterocycles. The van der Waals surface area contributed by atoms with Gasteiger partial charge in [0, 0.05) is 13.6 Å². The summed E-state index contributed by atoms with van der Waals surface area (Å²) in [7, 11) is 1.79. The first-order valence-corrected chi connectivity index (χ1v) is 8.80. The molecule has 1 fully saturated rings. The van der Waals surface area contributed by atoms with Crippen LogP contribution in [0.25, 0.3) is 0 Å². The lowest BCUT2D eigenvalue weighted by Gasteiger charge is -2.22. The molecule has 0 aliphatic carbocycles. The number of carbonyl (C=O) groups excluding carboxylic acids is 1. The van der Waals surface area contributed by atoms with Crippen LogP contribution < -0.4 is 10.1 Å². The third-order valence-electron chi connectivity index (χ3n) is 4.41. The number of aromatic nitrogens is 3. The lowest BCUT2D eigenvalue weighted by atomic mass is 10.1. The van der Waals surface area contributed by atoms with Gasteiger partial charge in [0.05, 0.1) is 18.8 Å². The number of carbonyl (C=O) groups is 1. The van der Waals surface area contributed by atoms with Crippen LogP contribution in [-0.4, -0.2) is 59.1 Å². The molecule has 2 aromatic rings. The molecule has 8 heteroatoms. The molecular weight excluding hydrogens is 354 g/mol. The quantitative estimate of drug-likeness (QED) is 0.746. The fourth-order valence-electron chi connectivity index (χ4n) is 2.93. The molecule has 0 spiro atoms. The number of piperidine rings is 1. The van der Waals surface area contributed by atoms with Gasteiger partial charge in [-0.1, -0.05) is 23.4 Å². The van der Waals surface area contributed by atoms with Crippen LogP contribution in [0.3, 0.4) is 0 Å². The highest BCUT2D eigenvalue weighted by atomic mass is 35.5. The summed E-state index contributed by atoms with van der Waals surface area (Å²) in [6.45, 7) is 3.15. The van der Waals surface area contributed by atoms with Gasteiger partial charge < -0.3 is 15.0 Å². The first kappa shape index (κ1) is 20.2. The van der Waals surface area contributed by atoms with E-state index in [9.17, 15) is 4.79 Å². The number of rotatable bonds is 7. The smallest absolute Gasteiger partial charge is 0.275 e. The van der Waals surface area contributed by atoms with Crippen LogP contribution in [0.2, 0.25) is 0 Å². The third kappa shape index (κ3) is 5.44. The molecule has 1 N–H and O–H groups in total. The van der Waals surface area contributed by atoms with Crippen molar-refractivity contribution in [3.05, 3.63) is 42.2 Å². The molecule has 0 atom stereocenters. The van der Waals surface area contributed by atoms with E-state index in [-0.39, 0.29) is 18.3 Å². The van der Waals surface area contributed by atoms with E-state index in [1.807, 2.05) is 35.0 Å². The largest absolute Gasteiger partial charge is 0.494 e. The summed E-state index contributed by atoms with van der Waals surface area (Å²) in [6.07, 6.45) is 4.57. The Labute approximate surface area is 160 Å². The van der Waals surface area contributed by atoms with E-state index in [1.54, 1.807) is 18.1 Å². The Hall–Kier alpha value is -2.12. The number of halogens is 1. The molecule has 142 valence electrons. The van der Waals surface area contributed by atoms with Crippen LogP contribution in [0.5, 0.6) is 5.75 Å². The molecule has 7 nitrogen and oxygen atoms in total. The number of hydrogen-bond acceptors (Lipinski definition) is 5. The van der Waals surface area contributed by atoms with Crippen molar-refractivity contribution in [3.63, 3.8) is 0 Å². The van der Waals surface area contributed by atoms with Crippen molar-refractivity contribution < 1.29 is 9.53 Å². The van der Waals surface area contributed by atoms with E-state index in [4.69, 9.17) is 4.74 Å². The first-order chi connectivity index (χ1) is 12.2. The first-order valence-electron chi connectivity index (χ1n) is 8.80. The van der Waals surface area contributed by atoms with Gasteiger partial charge in [-0.05, 0) is 44.5 Å². The second-order valence-corrected chi connectivity index (χ2v) is 6.31. The summed E-state index contributed by atoms with van der Waals surface area (Å²) in [5.74, 6) is 0.751. The molecule has 0 bridgehead atoms. The Morgan fingerprint density at radius 2 is 2.04 bits per heavy atom. The second-order valence-electron chi connectivity index (χ2n) is 6.31. The Kier molecular flexibility index (Phi) is 7.87. The van der Waals surface area contributed by atoms with Gasteiger partial charge >= 0.3 is 0 Å². The van der Waals surface area contributed by atoms with Crippen LogP contribution in [-0.2, 0) is 0 Å². The Morgan fingerprint density at radius 3 is 2.77 bits per heavy atom. The van der Waals surface area contributed by atoms with Crippen molar-refractivity contribution in [2.24, 2.45) is 0 Å². The van der Waals surface area contributed by atoms with Gasteiger partial charge in [0.15, 0.2) is 5.69 Å².